The van der Waals surface area contributed by atoms with Crippen LogP contribution >= 0.6 is 0 Å². The minimum Gasteiger partial charge on any atom is -0.343 e. The van der Waals surface area contributed by atoms with E-state index in [0.717, 1.165) is 31.4 Å². The molecule has 1 aliphatic carbocycles. The molecule has 0 N–H and O–H groups in total. The summed E-state index contributed by atoms with van der Waals surface area (Å²) in [6, 6.07) is 8.30. The van der Waals surface area contributed by atoms with Crippen molar-refractivity contribution in [1.29, 1.82) is 0 Å². The summed E-state index contributed by atoms with van der Waals surface area (Å²) in [5.41, 5.74) is 2.72. The van der Waals surface area contributed by atoms with Crippen molar-refractivity contribution >= 4 is 19.2 Å². The molecule has 1 saturated heterocycles. The zero-order valence-corrected chi connectivity index (χ0v) is 10.9. The van der Waals surface area contributed by atoms with Gasteiger partial charge in [0.15, 0.2) is 0 Å². The minimum absolute atomic E-state index is 0.217. The summed E-state index contributed by atoms with van der Waals surface area (Å²) in [4.78, 5) is 13.3. The van der Waals surface area contributed by atoms with Gasteiger partial charge < -0.3 is 4.90 Å². The molecular formula is C15H18BNO. The first-order valence-corrected chi connectivity index (χ1v) is 6.72. The van der Waals surface area contributed by atoms with E-state index in [2.05, 4.69) is 12.1 Å². The van der Waals surface area contributed by atoms with Crippen molar-refractivity contribution in [2.24, 2.45) is 5.41 Å². The molecule has 1 amide bonds. The van der Waals surface area contributed by atoms with Crippen molar-refractivity contribution in [1.82, 2.24) is 4.90 Å². The Balaban J connectivity index is 1.67. The molecule has 1 unspecified atom stereocenters. The molecule has 3 rings (SSSR count). The summed E-state index contributed by atoms with van der Waals surface area (Å²) in [5, 5.41) is 0. The van der Waals surface area contributed by atoms with Crippen LogP contribution in [0.2, 0.25) is 0 Å². The summed E-state index contributed by atoms with van der Waals surface area (Å²) in [6.07, 6.45) is 3.59. The van der Waals surface area contributed by atoms with Gasteiger partial charge in [-0.05, 0) is 36.2 Å². The standard InChI is InChI=1S/C15H18BNO/c1-11(18)17-8-6-15(7-9-17)10-14(15)12-2-4-13(16)5-3-12/h2-5,14H,6-10H2,1H3. The fraction of sp³-hybridized carbons (Fsp3) is 0.533. The van der Waals surface area contributed by atoms with Crippen molar-refractivity contribution in [3.63, 3.8) is 0 Å². The van der Waals surface area contributed by atoms with E-state index in [1.165, 1.54) is 12.0 Å². The van der Waals surface area contributed by atoms with Crippen LogP contribution in [-0.4, -0.2) is 31.7 Å². The van der Waals surface area contributed by atoms with Crippen LogP contribution in [-0.2, 0) is 4.79 Å². The number of benzene rings is 1. The number of likely N-dealkylation sites (tertiary alicyclic amines) is 1. The average molecular weight is 239 g/mol. The lowest BCUT2D eigenvalue weighted by Crippen LogP contribution is -2.38. The van der Waals surface area contributed by atoms with Gasteiger partial charge in [0.25, 0.3) is 0 Å². The Bertz CT molecular complexity index is 460. The number of hydrogen-bond donors (Lipinski definition) is 0. The van der Waals surface area contributed by atoms with Crippen LogP contribution in [0, 0.1) is 5.41 Å². The van der Waals surface area contributed by atoms with Crippen LogP contribution in [0.5, 0.6) is 0 Å². The highest BCUT2D eigenvalue weighted by Crippen LogP contribution is 2.64. The second-order valence-corrected chi connectivity index (χ2v) is 5.79. The van der Waals surface area contributed by atoms with Crippen LogP contribution < -0.4 is 5.46 Å². The highest BCUT2D eigenvalue weighted by atomic mass is 16.2. The third-order valence-electron chi connectivity index (χ3n) is 4.73. The highest BCUT2D eigenvalue weighted by Gasteiger charge is 2.55. The maximum Gasteiger partial charge on any atom is 0.219 e. The molecule has 0 aromatic heterocycles. The molecule has 18 heavy (non-hydrogen) atoms. The molecule has 1 aliphatic heterocycles. The van der Waals surface area contributed by atoms with Gasteiger partial charge in [-0.2, -0.15) is 0 Å². The first-order chi connectivity index (χ1) is 8.61. The van der Waals surface area contributed by atoms with Gasteiger partial charge in [0.2, 0.25) is 5.91 Å². The Kier molecular flexibility index (Phi) is 2.72. The quantitative estimate of drug-likeness (QED) is 0.681. The number of hydrogen-bond acceptors (Lipinski definition) is 1. The normalized spacial score (nSPS) is 25.2. The van der Waals surface area contributed by atoms with Crippen molar-refractivity contribution < 1.29 is 4.79 Å². The molecule has 1 saturated carbocycles. The Morgan fingerprint density at radius 2 is 1.89 bits per heavy atom. The van der Waals surface area contributed by atoms with Gasteiger partial charge in [-0.25, -0.2) is 0 Å². The Hall–Kier alpha value is -1.25. The van der Waals surface area contributed by atoms with E-state index < -0.39 is 0 Å². The SMILES string of the molecule is [B]c1ccc(C2CC23CCN(C(C)=O)CC3)cc1. The number of nitrogens with zero attached hydrogens (tertiary/aromatic N) is 1. The largest absolute Gasteiger partial charge is 0.343 e. The summed E-state index contributed by atoms with van der Waals surface area (Å²) < 4.78 is 0. The average Bonchev–Trinajstić information content (AvgIpc) is 3.04. The van der Waals surface area contributed by atoms with Crippen molar-refractivity contribution in [2.45, 2.75) is 32.1 Å². The maximum absolute atomic E-state index is 11.3. The lowest BCUT2D eigenvalue weighted by atomic mass is 9.87. The predicted octanol–water partition coefficient (Wildman–Crippen LogP) is 1.60. The Labute approximate surface area is 110 Å². The molecule has 1 atom stereocenters. The first-order valence-electron chi connectivity index (χ1n) is 6.72. The fourth-order valence-electron chi connectivity index (χ4n) is 3.37. The van der Waals surface area contributed by atoms with Gasteiger partial charge in [-0.1, -0.05) is 29.7 Å². The molecule has 92 valence electrons. The fourth-order valence-corrected chi connectivity index (χ4v) is 3.37. The lowest BCUT2D eigenvalue weighted by Gasteiger charge is -2.32. The van der Waals surface area contributed by atoms with E-state index in [9.17, 15) is 4.79 Å². The van der Waals surface area contributed by atoms with E-state index in [0.29, 0.717) is 11.3 Å². The van der Waals surface area contributed by atoms with Gasteiger partial charge in [0.05, 0.1) is 0 Å². The monoisotopic (exact) mass is 239 g/mol. The predicted molar refractivity (Wildman–Crippen MR) is 73.1 cm³/mol. The molecule has 1 aromatic carbocycles. The minimum atomic E-state index is 0.217. The molecule has 2 aliphatic rings. The second-order valence-electron chi connectivity index (χ2n) is 5.79. The number of rotatable bonds is 1. The molecule has 1 spiro atoms. The lowest BCUT2D eigenvalue weighted by molar-refractivity contribution is -0.130. The van der Waals surface area contributed by atoms with E-state index >= 15 is 0 Å². The molecule has 2 nitrogen and oxygen atoms in total. The van der Waals surface area contributed by atoms with E-state index in [4.69, 9.17) is 7.85 Å². The van der Waals surface area contributed by atoms with E-state index in [-0.39, 0.29) is 5.91 Å². The third kappa shape index (κ3) is 1.96. The van der Waals surface area contributed by atoms with E-state index in [1.807, 2.05) is 17.0 Å². The Morgan fingerprint density at radius 3 is 2.44 bits per heavy atom. The number of amides is 1. The number of carbonyl (C=O) groups is 1. The molecule has 1 heterocycles. The van der Waals surface area contributed by atoms with Gasteiger partial charge in [0, 0.05) is 20.0 Å². The summed E-state index contributed by atoms with van der Waals surface area (Å²) in [6.45, 7) is 3.53. The first kappa shape index (κ1) is 11.8. The van der Waals surface area contributed by atoms with Crippen molar-refractivity contribution in [3.8, 4) is 0 Å². The Morgan fingerprint density at radius 1 is 1.28 bits per heavy atom. The van der Waals surface area contributed by atoms with Crippen LogP contribution in [0.4, 0.5) is 0 Å². The second kappa shape index (κ2) is 4.15. The topological polar surface area (TPSA) is 20.3 Å². The molecule has 3 heteroatoms. The number of piperidine rings is 1. The molecule has 2 radical (unpaired) electrons. The van der Waals surface area contributed by atoms with Gasteiger partial charge >= 0.3 is 0 Å². The van der Waals surface area contributed by atoms with Crippen molar-refractivity contribution in [3.05, 3.63) is 29.8 Å². The summed E-state index contributed by atoms with van der Waals surface area (Å²) in [5.74, 6) is 0.904. The molecular weight excluding hydrogens is 221 g/mol. The highest BCUT2D eigenvalue weighted by molar-refractivity contribution is 6.32. The van der Waals surface area contributed by atoms with Crippen LogP contribution in [0.15, 0.2) is 24.3 Å². The number of carbonyl (C=O) groups excluding carboxylic acids is 1. The van der Waals surface area contributed by atoms with Gasteiger partial charge in [-0.15, -0.1) is 0 Å². The van der Waals surface area contributed by atoms with E-state index in [1.54, 1.807) is 6.92 Å². The zero-order valence-electron chi connectivity index (χ0n) is 10.9. The maximum atomic E-state index is 11.3. The van der Waals surface area contributed by atoms with Crippen LogP contribution in [0.1, 0.15) is 37.7 Å². The molecule has 1 aromatic rings. The zero-order chi connectivity index (χ0) is 12.8. The summed E-state index contributed by atoms with van der Waals surface area (Å²) in [7, 11) is 5.72. The molecule has 0 bridgehead atoms. The third-order valence-corrected chi connectivity index (χ3v) is 4.73. The summed E-state index contributed by atoms with van der Waals surface area (Å²) >= 11 is 0. The van der Waals surface area contributed by atoms with Gasteiger partial charge in [0.1, 0.15) is 7.85 Å². The smallest absolute Gasteiger partial charge is 0.219 e. The van der Waals surface area contributed by atoms with Crippen LogP contribution in [0.25, 0.3) is 0 Å². The van der Waals surface area contributed by atoms with Crippen molar-refractivity contribution in [2.75, 3.05) is 13.1 Å². The molecule has 2 fully saturated rings. The van der Waals surface area contributed by atoms with Crippen LogP contribution in [0.3, 0.4) is 0 Å². The van der Waals surface area contributed by atoms with Gasteiger partial charge in [-0.3, -0.25) is 4.79 Å².